The molecule has 1 aromatic carbocycles. The Kier molecular flexibility index (Phi) is 4.75. The van der Waals surface area contributed by atoms with Gasteiger partial charge in [-0.3, -0.25) is 4.98 Å². The number of aromatic nitrogens is 1. The number of hydrogen-bond donors (Lipinski definition) is 2. The van der Waals surface area contributed by atoms with Crippen LogP contribution in [0.25, 0.3) is 0 Å². The van der Waals surface area contributed by atoms with Crippen molar-refractivity contribution < 1.29 is 9.84 Å². The third-order valence-electron chi connectivity index (χ3n) is 2.92. The van der Waals surface area contributed by atoms with Gasteiger partial charge in [-0.1, -0.05) is 12.1 Å². The van der Waals surface area contributed by atoms with E-state index in [4.69, 9.17) is 4.74 Å². The zero-order valence-corrected chi connectivity index (χ0v) is 11.0. The molecular weight excluding hydrogens is 240 g/mol. The number of methoxy groups -OCH3 is 1. The first-order chi connectivity index (χ1) is 9.29. The van der Waals surface area contributed by atoms with Crippen molar-refractivity contribution in [3.05, 3.63) is 53.9 Å². The van der Waals surface area contributed by atoms with Crippen LogP contribution < -0.4 is 10.1 Å². The first-order valence-electron chi connectivity index (χ1n) is 6.25. The average Bonchev–Trinajstić information content (AvgIpc) is 2.46. The molecule has 100 valence electrons. The van der Waals surface area contributed by atoms with E-state index in [9.17, 15) is 5.11 Å². The second kappa shape index (κ2) is 6.75. The van der Waals surface area contributed by atoms with Crippen LogP contribution in [-0.2, 0) is 13.0 Å². The Labute approximate surface area is 113 Å². The molecule has 0 unspecified atom stereocenters. The van der Waals surface area contributed by atoms with Gasteiger partial charge in [0, 0.05) is 30.6 Å². The molecule has 2 aromatic rings. The van der Waals surface area contributed by atoms with E-state index < -0.39 is 0 Å². The number of aromatic hydroxyl groups is 1. The fraction of sp³-hybridized carbons (Fsp3) is 0.267. The van der Waals surface area contributed by atoms with Crippen LogP contribution in [0.15, 0.2) is 42.7 Å². The number of nitrogens with one attached hydrogen (secondary N) is 1. The zero-order valence-electron chi connectivity index (χ0n) is 11.0. The zero-order chi connectivity index (χ0) is 13.5. The van der Waals surface area contributed by atoms with Gasteiger partial charge in [0.05, 0.1) is 7.11 Å². The van der Waals surface area contributed by atoms with Gasteiger partial charge in [-0.25, -0.2) is 0 Å². The van der Waals surface area contributed by atoms with E-state index in [0.717, 1.165) is 18.5 Å². The van der Waals surface area contributed by atoms with Crippen molar-refractivity contribution in [3.63, 3.8) is 0 Å². The molecule has 0 radical (unpaired) electrons. The molecule has 2 rings (SSSR count). The highest BCUT2D eigenvalue weighted by molar-refractivity contribution is 5.39. The van der Waals surface area contributed by atoms with E-state index in [2.05, 4.69) is 16.4 Å². The summed E-state index contributed by atoms with van der Waals surface area (Å²) in [5.41, 5.74) is 2.07. The number of phenolic OH excluding ortho intramolecular Hbond substituents is 1. The number of ether oxygens (including phenoxy) is 1. The molecule has 0 aliphatic rings. The number of rotatable bonds is 6. The Bertz CT molecular complexity index is 515. The van der Waals surface area contributed by atoms with Crippen LogP contribution in [0.5, 0.6) is 11.5 Å². The minimum Gasteiger partial charge on any atom is -0.507 e. The van der Waals surface area contributed by atoms with Crippen LogP contribution in [0.4, 0.5) is 0 Å². The Morgan fingerprint density at radius 2 is 2.21 bits per heavy atom. The first-order valence-corrected chi connectivity index (χ1v) is 6.25. The molecule has 0 aliphatic heterocycles. The molecule has 4 nitrogen and oxygen atoms in total. The smallest absolute Gasteiger partial charge is 0.123 e. The lowest BCUT2D eigenvalue weighted by Crippen LogP contribution is -2.16. The Morgan fingerprint density at radius 1 is 1.32 bits per heavy atom. The largest absolute Gasteiger partial charge is 0.507 e. The molecule has 0 bridgehead atoms. The SMILES string of the molecule is COc1ccc(CNCCc2cccnc2)c(O)c1. The molecule has 19 heavy (non-hydrogen) atoms. The van der Waals surface area contributed by atoms with Gasteiger partial charge in [0.1, 0.15) is 11.5 Å². The minimum atomic E-state index is 0.258. The molecule has 0 amide bonds. The van der Waals surface area contributed by atoms with Crippen molar-refractivity contribution in [1.29, 1.82) is 0 Å². The lowest BCUT2D eigenvalue weighted by molar-refractivity contribution is 0.406. The number of nitrogens with zero attached hydrogens (tertiary/aromatic N) is 1. The lowest BCUT2D eigenvalue weighted by Gasteiger charge is -2.08. The van der Waals surface area contributed by atoms with Gasteiger partial charge in [-0.05, 0) is 30.7 Å². The second-order valence-electron chi connectivity index (χ2n) is 4.28. The topological polar surface area (TPSA) is 54.4 Å². The molecular formula is C15H18N2O2. The molecule has 2 N–H and O–H groups in total. The summed E-state index contributed by atoms with van der Waals surface area (Å²) in [4.78, 5) is 4.07. The maximum absolute atomic E-state index is 9.81. The van der Waals surface area contributed by atoms with Crippen molar-refractivity contribution in [2.24, 2.45) is 0 Å². The monoisotopic (exact) mass is 258 g/mol. The highest BCUT2D eigenvalue weighted by atomic mass is 16.5. The number of phenols is 1. The summed E-state index contributed by atoms with van der Waals surface area (Å²) in [5, 5.41) is 13.1. The standard InChI is InChI=1S/C15H18N2O2/c1-19-14-5-4-13(15(18)9-14)11-17-8-6-12-3-2-7-16-10-12/h2-5,7,9-10,17-18H,6,8,11H2,1H3. The van der Waals surface area contributed by atoms with Crippen molar-refractivity contribution in [1.82, 2.24) is 10.3 Å². The van der Waals surface area contributed by atoms with Crippen molar-refractivity contribution in [2.45, 2.75) is 13.0 Å². The van der Waals surface area contributed by atoms with Gasteiger partial charge in [0.25, 0.3) is 0 Å². The molecule has 0 aliphatic carbocycles. The van der Waals surface area contributed by atoms with Crippen LogP contribution in [0.2, 0.25) is 0 Å². The third kappa shape index (κ3) is 3.96. The van der Waals surface area contributed by atoms with Crippen LogP contribution in [0.1, 0.15) is 11.1 Å². The molecule has 0 spiro atoms. The predicted octanol–water partition coefficient (Wildman–Crippen LogP) is 2.13. The minimum absolute atomic E-state index is 0.258. The normalized spacial score (nSPS) is 10.4. The van der Waals surface area contributed by atoms with Gasteiger partial charge in [-0.15, -0.1) is 0 Å². The Balaban J connectivity index is 1.80. The molecule has 4 heteroatoms. The van der Waals surface area contributed by atoms with Crippen molar-refractivity contribution in [2.75, 3.05) is 13.7 Å². The number of pyridine rings is 1. The van der Waals surface area contributed by atoms with Crippen LogP contribution in [0.3, 0.4) is 0 Å². The Morgan fingerprint density at radius 3 is 2.89 bits per heavy atom. The number of benzene rings is 1. The quantitative estimate of drug-likeness (QED) is 0.779. The van der Waals surface area contributed by atoms with E-state index in [0.29, 0.717) is 12.3 Å². The summed E-state index contributed by atoms with van der Waals surface area (Å²) < 4.78 is 5.05. The predicted molar refractivity (Wildman–Crippen MR) is 74.3 cm³/mol. The first kappa shape index (κ1) is 13.4. The van der Waals surface area contributed by atoms with Crippen molar-refractivity contribution >= 4 is 0 Å². The third-order valence-corrected chi connectivity index (χ3v) is 2.92. The molecule has 0 atom stereocenters. The summed E-state index contributed by atoms with van der Waals surface area (Å²) in [6, 6.07) is 9.32. The lowest BCUT2D eigenvalue weighted by atomic mass is 10.1. The molecule has 0 saturated carbocycles. The van der Waals surface area contributed by atoms with Crippen LogP contribution in [0, 0.1) is 0 Å². The molecule has 1 aromatic heterocycles. The molecule has 0 fully saturated rings. The molecule has 0 saturated heterocycles. The summed E-state index contributed by atoms with van der Waals surface area (Å²) >= 11 is 0. The highest BCUT2D eigenvalue weighted by Gasteiger charge is 2.02. The summed E-state index contributed by atoms with van der Waals surface area (Å²) in [7, 11) is 1.58. The van der Waals surface area contributed by atoms with E-state index in [1.807, 2.05) is 24.4 Å². The maximum Gasteiger partial charge on any atom is 0.123 e. The van der Waals surface area contributed by atoms with Gasteiger partial charge >= 0.3 is 0 Å². The van der Waals surface area contributed by atoms with Crippen LogP contribution >= 0.6 is 0 Å². The van der Waals surface area contributed by atoms with E-state index in [-0.39, 0.29) is 5.75 Å². The average molecular weight is 258 g/mol. The summed E-state index contributed by atoms with van der Waals surface area (Å²) in [5.74, 6) is 0.921. The van der Waals surface area contributed by atoms with Gasteiger partial charge in [0.15, 0.2) is 0 Å². The van der Waals surface area contributed by atoms with E-state index in [1.54, 1.807) is 19.4 Å². The van der Waals surface area contributed by atoms with Crippen molar-refractivity contribution in [3.8, 4) is 11.5 Å². The van der Waals surface area contributed by atoms with Gasteiger partial charge < -0.3 is 15.2 Å². The van der Waals surface area contributed by atoms with Crippen LogP contribution in [-0.4, -0.2) is 23.7 Å². The number of hydrogen-bond acceptors (Lipinski definition) is 4. The fourth-order valence-electron chi connectivity index (χ4n) is 1.82. The van der Waals surface area contributed by atoms with Gasteiger partial charge in [-0.2, -0.15) is 0 Å². The summed E-state index contributed by atoms with van der Waals surface area (Å²) in [6.45, 7) is 1.48. The maximum atomic E-state index is 9.81. The second-order valence-corrected chi connectivity index (χ2v) is 4.28. The van der Waals surface area contributed by atoms with E-state index in [1.165, 1.54) is 5.56 Å². The highest BCUT2D eigenvalue weighted by Crippen LogP contribution is 2.22. The summed E-state index contributed by atoms with van der Waals surface area (Å²) in [6.07, 6.45) is 4.56. The van der Waals surface area contributed by atoms with Gasteiger partial charge in [0.2, 0.25) is 0 Å². The van der Waals surface area contributed by atoms with E-state index >= 15 is 0 Å². The fourth-order valence-corrected chi connectivity index (χ4v) is 1.82. The molecule has 1 heterocycles. The Hall–Kier alpha value is -2.07.